The number of aliphatic carboxylic acids is 1. The molecule has 1 amide bonds. The van der Waals surface area contributed by atoms with Crippen molar-refractivity contribution in [2.24, 2.45) is 0 Å². The molecule has 0 aliphatic heterocycles. The van der Waals surface area contributed by atoms with Gasteiger partial charge < -0.3 is 18.4 Å². The normalized spacial score (nSPS) is 13.1. The molecule has 0 aliphatic carbocycles. The van der Waals surface area contributed by atoms with Gasteiger partial charge in [-0.2, -0.15) is 0 Å². The molecule has 2 atom stereocenters. The first-order chi connectivity index (χ1) is 13.0. The molecule has 0 heterocycles. The van der Waals surface area contributed by atoms with Gasteiger partial charge in [0.1, 0.15) is 0 Å². The van der Waals surface area contributed by atoms with E-state index in [0.29, 0.717) is 6.42 Å². The van der Waals surface area contributed by atoms with E-state index < -0.39 is 18.1 Å². The van der Waals surface area contributed by atoms with Crippen LogP contribution in [-0.4, -0.2) is 79.7 Å². The Labute approximate surface area is 212 Å². The van der Waals surface area contributed by atoms with E-state index in [2.05, 4.69) is 24.4 Å². The number of hydrogen-bond acceptors (Lipinski definition) is 3. The third-order valence-corrected chi connectivity index (χ3v) is 4.73. The number of nitrogens with one attached hydrogen (secondary N) is 1. The maximum Gasteiger partial charge on any atom is 2.00 e. The minimum Gasteiger partial charge on any atom is -1.00 e. The Morgan fingerprint density at radius 2 is 1.36 bits per heavy atom. The summed E-state index contributed by atoms with van der Waals surface area (Å²) in [6.45, 7) is 3.61. The SMILES string of the molecule is CCCCCCCC/C=C\CCCCCCCC(=O)NC(C(=O)O)C(C)O.[H-].[H-].[Sr+2]. The fraction of sp³-hybridized carbons (Fsp3) is 0.818. The molecule has 0 aromatic carbocycles. The summed E-state index contributed by atoms with van der Waals surface area (Å²) in [5.74, 6) is -1.51. The van der Waals surface area contributed by atoms with Crippen LogP contribution < -0.4 is 5.32 Å². The van der Waals surface area contributed by atoms with E-state index in [0.717, 1.165) is 32.1 Å². The summed E-state index contributed by atoms with van der Waals surface area (Å²) in [4.78, 5) is 22.6. The fourth-order valence-corrected chi connectivity index (χ4v) is 2.99. The average Bonchev–Trinajstić information content (AvgIpc) is 2.62. The molecule has 3 N–H and O–H groups in total. The number of amides is 1. The topological polar surface area (TPSA) is 86.6 Å². The first-order valence-electron chi connectivity index (χ1n) is 10.8. The molecule has 6 heteroatoms. The molecule has 0 aliphatic rings. The third kappa shape index (κ3) is 19.4. The zero-order valence-corrected chi connectivity index (χ0v) is 21.6. The van der Waals surface area contributed by atoms with Gasteiger partial charge in [0, 0.05) is 6.42 Å². The molecule has 0 aromatic rings. The Balaban J connectivity index is -0.00000113. The quantitative estimate of drug-likeness (QED) is 0.151. The number of carbonyl (C=O) groups is 2. The number of carboxylic acids is 1. The van der Waals surface area contributed by atoms with E-state index in [1.165, 1.54) is 58.3 Å². The largest absolute Gasteiger partial charge is 2.00 e. The van der Waals surface area contributed by atoms with Crippen LogP contribution in [0.3, 0.4) is 0 Å². The van der Waals surface area contributed by atoms with E-state index in [9.17, 15) is 14.7 Å². The maximum atomic E-state index is 11.7. The smallest absolute Gasteiger partial charge is 1.00 e. The van der Waals surface area contributed by atoms with Crippen molar-refractivity contribution in [1.82, 2.24) is 5.32 Å². The summed E-state index contributed by atoms with van der Waals surface area (Å²) in [5, 5.41) is 20.6. The van der Waals surface area contributed by atoms with Crippen molar-refractivity contribution in [3.05, 3.63) is 12.2 Å². The number of carboxylic acid groups (broad SMARTS) is 1. The monoisotopic (exact) mass is 473 g/mol. The molecular formula is C22H43NO4Sr. The predicted octanol–water partition coefficient (Wildman–Crippen LogP) is 4.82. The van der Waals surface area contributed by atoms with Crippen LogP contribution in [0.15, 0.2) is 12.2 Å². The summed E-state index contributed by atoms with van der Waals surface area (Å²) in [6, 6.07) is -1.22. The molecule has 0 fully saturated rings. The Kier molecular flexibility index (Phi) is 23.6. The van der Waals surface area contributed by atoms with Crippen molar-refractivity contribution >= 4 is 57.4 Å². The van der Waals surface area contributed by atoms with Gasteiger partial charge >= 0.3 is 51.5 Å². The van der Waals surface area contributed by atoms with Crippen LogP contribution in [0.4, 0.5) is 0 Å². The molecular weight excluding hydrogens is 430 g/mol. The van der Waals surface area contributed by atoms with Gasteiger partial charge in [-0.25, -0.2) is 4.79 Å². The van der Waals surface area contributed by atoms with Gasteiger partial charge in [0.2, 0.25) is 5.91 Å². The van der Waals surface area contributed by atoms with Crippen LogP contribution in [0, 0.1) is 0 Å². The Bertz CT molecular complexity index is 424. The maximum absolute atomic E-state index is 11.7. The molecule has 0 spiro atoms. The second-order valence-electron chi connectivity index (χ2n) is 7.46. The Morgan fingerprint density at radius 1 is 0.893 bits per heavy atom. The minimum absolute atomic E-state index is 0. The summed E-state index contributed by atoms with van der Waals surface area (Å²) in [5.41, 5.74) is 0. The van der Waals surface area contributed by atoms with Gasteiger partial charge in [-0.05, 0) is 39.0 Å². The second kappa shape index (κ2) is 21.8. The van der Waals surface area contributed by atoms with E-state index in [-0.39, 0.29) is 54.2 Å². The van der Waals surface area contributed by atoms with Crippen LogP contribution >= 0.6 is 0 Å². The van der Waals surface area contributed by atoms with Crippen molar-refractivity contribution in [3.8, 4) is 0 Å². The van der Waals surface area contributed by atoms with Gasteiger partial charge in [0.15, 0.2) is 6.04 Å². The molecule has 28 heavy (non-hydrogen) atoms. The van der Waals surface area contributed by atoms with E-state index in [1.54, 1.807) is 0 Å². The van der Waals surface area contributed by atoms with E-state index in [4.69, 9.17) is 5.11 Å². The second-order valence-corrected chi connectivity index (χ2v) is 7.46. The van der Waals surface area contributed by atoms with Gasteiger partial charge in [-0.1, -0.05) is 70.4 Å². The molecule has 2 unspecified atom stereocenters. The Morgan fingerprint density at radius 3 is 1.82 bits per heavy atom. The van der Waals surface area contributed by atoms with Crippen LogP contribution in [-0.2, 0) is 9.59 Å². The number of carbonyl (C=O) groups excluding carboxylic acids is 1. The number of allylic oxidation sites excluding steroid dienone is 2. The molecule has 0 radical (unpaired) electrons. The van der Waals surface area contributed by atoms with Gasteiger partial charge in [-0.15, -0.1) is 0 Å². The van der Waals surface area contributed by atoms with Gasteiger partial charge in [0.25, 0.3) is 0 Å². The van der Waals surface area contributed by atoms with Crippen LogP contribution in [0.25, 0.3) is 0 Å². The van der Waals surface area contributed by atoms with Crippen LogP contribution in [0.2, 0.25) is 0 Å². The van der Waals surface area contributed by atoms with Gasteiger partial charge in [-0.3, -0.25) is 4.79 Å². The number of hydrogen-bond donors (Lipinski definition) is 3. The third-order valence-electron chi connectivity index (χ3n) is 4.73. The first-order valence-corrected chi connectivity index (χ1v) is 10.8. The summed E-state index contributed by atoms with van der Waals surface area (Å²) < 4.78 is 0. The van der Waals surface area contributed by atoms with Crippen LogP contribution in [0.1, 0.15) is 107 Å². The number of aliphatic hydroxyl groups excluding tert-OH is 1. The van der Waals surface area contributed by atoms with Crippen molar-refractivity contribution in [2.75, 3.05) is 0 Å². The zero-order chi connectivity index (χ0) is 20.3. The molecule has 5 nitrogen and oxygen atoms in total. The van der Waals surface area contributed by atoms with Crippen molar-refractivity contribution in [2.45, 2.75) is 116 Å². The number of aliphatic hydroxyl groups is 1. The summed E-state index contributed by atoms with van der Waals surface area (Å²) in [7, 11) is 0. The molecule has 0 saturated heterocycles. The fourth-order valence-electron chi connectivity index (χ4n) is 2.99. The molecule has 0 rings (SSSR count). The van der Waals surface area contributed by atoms with E-state index >= 15 is 0 Å². The molecule has 0 saturated carbocycles. The number of rotatable bonds is 18. The summed E-state index contributed by atoms with van der Waals surface area (Å²) in [6.07, 6.45) is 19.4. The minimum atomic E-state index is -1.22. The van der Waals surface area contributed by atoms with E-state index in [1.807, 2.05) is 0 Å². The van der Waals surface area contributed by atoms with Crippen molar-refractivity contribution < 1.29 is 22.7 Å². The Hall–Kier alpha value is 0.121. The van der Waals surface area contributed by atoms with Crippen molar-refractivity contribution in [3.63, 3.8) is 0 Å². The number of unbranched alkanes of at least 4 members (excludes halogenated alkanes) is 11. The predicted molar refractivity (Wildman–Crippen MR) is 119 cm³/mol. The summed E-state index contributed by atoms with van der Waals surface area (Å²) >= 11 is 0. The molecule has 0 bridgehead atoms. The average molecular weight is 473 g/mol. The molecule has 162 valence electrons. The van der Waals surface area contributed by atoms with Crippen molar-refractivity contribution in [1.29, 1.82) is 0 Å². The van der Waals surface area contributed by atoms with Crippen LogP contribution in [0.5, 0.6) is 0 Å². The standard InChI is InChI=1S/C22H41NO4.Sr.2H/c1-3-4-5-6-7-8-9-10-11-12-13-14-15-16-17-18-20(25)23-21(19(2)24)22(26)27;;;/h10-11,19,21,24H,3-9,12-18H2,1-2H3,(H,23,25)(H,26,27);;;/q;+2;2*-1/b11-10-;;;. The zero-order valence-electron chi connectivity index (χ0n) is 20.1. The molecule has 0 aromatic heterocycles. The van der Waals surface area contributed by atoms with Gasteiger partial charge in [0.05, 0.1) is 6.10 Å². The first kappa shape index (κ1) is 30.3.